The smallest absolute Gasteiger partial charge is 0.317 e. The molecule has 1 aromatic carbocycles. The largest absolute Gasteiger partial charge is 0.480 e. The molecule has 2 rings (SSSR count). The third-order valence-corrected chi connectivity index (χ3v) is 6.92. The molecule has 6 nitrogen and oxygen atoms in total. The van der Waals surface area contributed by atoms with E-state index in [0.717, 1.165) is 16.7 Å². The number of carbonyl (C=O) groups is 1. The molecule has 1 heterocycles. The monoisotopic (exact) mass is 404 g/mol. The van der Waals surface area contributed by atoms with Gasteiger partial charge < -0.3 is 5.11 Å². The molecule has 8 heteroatoms. The quantitative estimate of drug-likeness (QED) is 0.755. The molecule has 0 atom stereocenters. The van der Waals surface area contributed by atoms with Crippen LogP contribution in [0.15, 0.2) is 18.2 Å². The summed E-state index contributed by atoms with van der Waals surface area (Å²) >= 11 is 0. The highest BCUT2D eigenvalue weighted by Crippen LogP contribution is 2.23. The lowest BCUT2D eigenvalue weighted by Crippen LogP contribution is -2.48. The number of sulfonamides is 1. The molecule has 1 saturated heterocycles. The number of hydrogen-bond donors (Lipinski definition) is 1. The summed E-state index contributed by atoms with van der Waals surface area (Å²) in [6.45, 7) is 7.21. The molecule has 26 heavy (non-hydrogen) atoms. The summed E-state index contributed by atoms with van der Waals surface area (Å²) in [6.07, 6.45) is 1.33. The van der Waals surface area contributed by atoms with Gasteiger partial charge in [-0.1, -0.05) is 18.2 Å². The SMILES string of the molecule is CCS(=O)(=O)N1CCC(N(CC(=O)O)Cc2c(C)cccc2C)CC1.Cl. The average Bonchev–Trinajstić information content (AvgIpc) is 2.57. The Bertz CT molecular complexity index is 696. The molecule has 0 saturated carbocycles. The standard InChI is InChI=1S/C18H28N2O4S.ClH/c1-4-25(23,24)20-10-8-16(9-11-20)19(13-18(21)22)12-17-14(2)6-5-7-15(17)3;/h5-7,16H,4,8-13H2,1-3H3,(H,21,22);1H. The second-order valence-corrected chi connectivity index (χ2v) is 8.96. The van der Waals surface area contributed by atoms with Crippen LogP contribution < -0.4 is 0 Å². The van der Waals surface area contributed by atoms with Gasteiger partial charge in [-0.05, 0) is 50.3 Å². The van der Waals surface area contributed by atoms with Gasteiger partial charge in [0.1, 0.15) is 0 Å². The van der Waals surface area contributed by atoms with Crippen molar-refractivity contribution in [1.29, 1.82) is 0 Å². The minimum Gasteiger partial charge on any atom is -0.480 e. The van der Waals surface area contributed by atoms with Crippen LogP contribution in [-0.2, 0) is 21.4 Å². The summed E-state index contributed by atoms with van der Waals surface area (Å²) in [7, 11) is -3.17. The van der Waals surface area contributed by atoms with Crippen LogP contribution >= 0.6 is 12.4 Å². The fraction of sp³-hybridized carbons (Fsp3) is 0.611. The van der Waals surface area contributed by atoms with Crippen LogP contribution in [-0.4, -0.2) is 60.1 Å². The van der Waals surface area contributed by atoms with Crippen molar-refractivity contribution in [1.82, 2.24) is 9.21 Å². The van der Waals surface area contributed by atoms with E-state index < -0.39 is 16.0 Å². The van der Waals surface area contributed by atoms with E-state index in [2.05, 4.69) is 0 Å². The molecule has 0 aromatic heterocycles. The van der Waals surface area contributed by atoms with Gasteiger partial charge in [0.25, 0.3) is 0 Å². The molecular weight excluding hydrogens is 376 g/mol. The first-order chi connectivity index (χ1) is 11.7. The lowest BCUT2D eigenvalue weighted by Gasteiger charge is -2.37. The van der Waals surface area contributed by atoms with Crippen LogP contribution in [0.1, 0.15) is 36.5 Å². The fourth-order valence-corrected chi connectivity index (χ4v) is 4.59. The number of aryl methyl sites for hydroxylation is 2. The highest BCUT2D eigenvalue weighted by molar-refractivity contribution is 7.89. The van der Waals surface area contributed by atoms with E-state index in [9.17, 15) is 18.3 Å². The predicted octanol–water partition coefficient (Wildman–Crippen LogP) is 2.43. The maximum Gasteiger partial charge on any atom is 0.317 e. The summed E-state index contributed by atoms with van der Waals surface area (Å²) in [5.41, 5.74) is 3.47. The molecule has 148 valence electrons. The van der Waals surface area contributed by atoms with Gasteiger partial charge in [0.15, 0.2) is 0 Å². The Morgan fingerprint density at radius 2 is 1.77 bits per heavy atom. The van der Waals surface area contributed by atoms with E-state index in [1.54, 1.807) is 6.92 Å². The summed E-state index contributed by atoms with van der Waals surface area (Å²) in [5.74, 6) is -0.742. The third kappa shape index (κ3) is 5.67. The van der Waals surface area contributed by atoms with Crippen molar-refractivity contribution in [2.24, 2.45) is 0 Å². The first-order valence-electron chi connectivity index (χ1n) is 8.73. The molecule has 1 fully saturated rings. The molecule has 0 amide bonds. The van der Waals surface area contributed by atoms with E-state index in [1.807, 2.05) is 36.9 Å². The fourth-order valence-electron chi connectivity index (χ4n) is 3.46. The Labute approximate surface area is 162 Å². The number of halogens is 1. The van der Waals surface area contributed by atoms with Crippen LogP contribution in [0.4, 0.5) is 0 Å². The number of rotatable bonds is 7. The van der Waals surface area contributed by atoms with Crippen LogP contribution in [0, 0.1) is 13.8 Å². The number of carboxylic acid groups (broad SMARTS) is 1. The van der Waals surface area contributed by atoms with Crippen LogP contribution in [0.2, 0.25) is 0 Å². The molecule has 1 aromatic rings. The zero-order valence-electron chi connectivity index (χ0n) is 15.6. The van der Waals surface area contributed by atoms with E-state index >= 15 is 0 Å². The van der Waals surface area contributed by atoms with Gasteiger partial charge in [0, 0.05) is 25.7 Å². The van der Waals surface area contributed by atoms with E-state index in [-0.39, 0.29) is 30.7 Å². The molecule has 0 aliphatic carbocycles. The van der Waals surface area contributed by atoms with Crippen LogP contribution in [0.5, 0.6) is 0 Å². The molecule has 1 aliphatic heterocycles. The lowest BCUT2D eigenvalue weighted by molar-refractivity contribution is -0.139. The topological polar surface area (TPSA) is 77.9 Å². The summed E-state index contributed by atoms with van der Waals surface area (Å²) in [6, 6.07) is 6.16. The number of aliphatic carboxylic acids is 1. The van der Waals surface area contributed by atoms with Crippen molar-refractivity contribution in [3.8, 4) is 0 Å². The van der Waals surface area contributed by atoms with Crippen molar-refractivity contribution in [3.05, 3.63) is 34.9 Å². The van der Waals surface area contributed by atoms with Crippen molar-refractivity contribution in [2.45, 2.75) is 46.2 Å². The van der Waals surface area contributed by atoms with Gasteiger partial charge in [-0.2, -0.15) is 0 Å². The first-order valence-corrected chi connectivity index (χ1v) is 10.3. The second-order valence-electron chi connectivity index (χ2n) is 6.70. The zero-order chi connectivity index (χ0) is 18.6. The summed E-state index contributed by atoms with van der Waals surface area (Å²) < 4.78 is 25.5. The summed E-state index contributed by atoms with van der Waals surface area (Å²) in [4.78, 5) is 13.3. The Kier molecular flexibility index (Phi) is 8.53. The van der Waals surface area contributed by atoms with Crippen molar-refractivity contribution in [3.63, 3.8) is 0 Å². The number of benzene rings is 1. The van der Waals surface area contributed by atoms with E-state index in [4.69, 9.17) is 0 Å². The Morgan fingerprint density at radius 1 is 1.23 bits per heavy atom. The number of hydrogen-bond acceptors (Lipinski definition) is 4. The average molecular weight is 405 g/mol. The predicted molar refractivity (Wildman–Crippen MR) is 105 cm³/mol. The molecule has 0 bridgehead atoms. The normalized spacial score (nSPS) is 16.5. The molecule has 0 unspecified atom stereocenters. The molecule has 1 N–H and O–H groups in total. The second kappa shape index (κ2) is 9.69. The maximum atomic E-state index is 12.0. The number of piperidine rings is 1. The van der Waals surface area contributed by atoms with Gasteiger partial charge in [-0.15, -0.1) is 12.4 Å². The first kappa shape index (κ1) is 22.9. The Hall–Kier alpha value is -1.15. The molecule has 0 spiro atoms. The zero-order valence-corrected chi connectivity index (χ0v) is 17.3. The van der Waals surface area contributed by atoms with Gasteiger partial charge in [-0.25, -0.2) is 12.7 Å². The van der Waals surface area contributed by atoms with Crippen LogP contribution in [0.3, 0.4) is 0 Å². The highest BCUT2D eigenvalue weighted by Gasteiger charge is 2.30. The Morgan fingerprint density at radius 3 is 2.23 bits per heavy atom. The van der Waals surface area contributed by atoms with Gasteiger partial charge >= 0.3 is 5.97 Å². The van der Waals surface area contributed by atoms with Gasteiger partial charge in [-0.3, -0.25) is 9.69 Å². The highest BCUT2D eigenvalue weighted by atomic mass is 35.5. The van der Waals surface area contributed by atoms with Crippen molar-refractivity contribution < 1.29 is 18.3 Å². The van der Waals surface area contributed by atoms with Gasteiger partial charge in [0.05, 0.1) is 12.3 Å². The summed E-state index contributed by atoms with van der Waals surface area (Å²) in [5, 5.41) is 9.30. The lowest BCUT2D eigenvalue weighted by atomic mass is 9.99. The van der Waals surface area contributed by atoms with E-state index in [1.165, 1.54) is 4.31 Å². The van der Waals surface area contributed by atoms with Crippen LogP contribution in [0.25, 0.3) is 0 Å². The maximum absolute atomic E-state index is 12.0. The number of carboxylic acids is 1. The molecular formula is C18H29ClN2O4S. The van der Waals surface area contributed by atoms with Gasteiger partial charge in [0.2, 0.25) is 10.0 Å². The van der Waals surface area contributed by atoms with Crippen molar-refractivity contribution in [2.75, 3.05) is 25.4 Å². The minimum absolute atomic E-state index is 0. The number of nitrogens with zero attached hydrogens (tertiary/aromatic N) is 2. The molecule has 0 radical (unpaired) electrons. The van der Waals surface area contributed by atoms with E-state index in [0.29, 0.717) is 32.5 Å². The minimum atomic E-state index is -3.17. The molecule has 1 aliphatic rings. The third-order valence-electron chi connectivity index (χ3n) is 5.04. The van der Waals surface area contributed by atoms with Crippen molar-refractivity contribution >= 4 is 28.4 Å². The Balaban J connectivity index is 0.00000338.